The molecule has 0 aliphatic carbocycles. The van der Waals surface area contributed by atoms with Gasteiger partial charge in [-0.15, -0.1) is 0 Å². The minimum absolute atomic E-state index is 0.0407. The second kappa shape index (κ2) is 10.2. The van der Waals surface area contributed by atoms with Crippen LogP contribution in [0.25, 0.3) is 0 Å². The van der Waals surface area contributed by atoms with Gasteiger partial charge in [-0.25, -0.2) is 4.79 Å². The molecule has 1 heterocycles. The Morgan fingerprint density at radius 3 is 2.52 bits per heavy atom. The van der Waals surface area contributed by atoms with Crippen LogP contribution < -0.4 is 20.1 Å². The van der Waals surface area contributed by atoms with Crippen molar-refractivity contribution in [3.63, 3.8) is 0 Å². The molecule has 8 heteroatoms. The molecule has 0 aromatic heterocycles. The molecule has 1 unspecified atom stereocenters. The number of hydrogen-bond acceptors (Lipinski definition) is 5. The molecule has 0 bridgehead atoms. The number of anilines is 1. The van der Waals surface area contributed by atoms with Crippen LogP contribution in [0.15, 0.2) is 36.4 Å². The summed E-state index contributed by atoms with van der Waals surface area (Å²) in [7, 11) is 4.63. The maximum absolute atomic E-state index is 13.2. The van der Waals surface area contributed by atoms with Crippen molar-refractivity contribution in [3.05, 3.63) is 53.1 Å². The summed E-state index contributed by atoms with van der Waals surface area (Å²) in [4.78, 5) is 26.9. The van der Waals surface area contributed by atoms with E-state index in [2.05, 4.69) is 10.6 Å². The summed E-state index contributed by atoms with van der Waals surface area (Å²) in [5.74, 6) is 0.977. The maximum atomic E-state index is 13.2. The molecule has 2 aromatic carbocycles. The van der Waals surface area contributed by atoms with E-state index in [9.17, 15) is 9.59 Å². The molecule has 0 saturated heterocycles. The molecular weight excluding hydrogens is 398 g/mol. The average molecular weight is 428 g/mol. The van der Waals surface area contributed by atoms with Crippen molar-refractivity contribution in [2.45, 2.75) is 19.4 Å². The zero-order valence-corrected chi connectivity index (χ0v) is 18.4. The van der Waals surface area contributed by atoms with Gasteiger partial charge in [0.15, 0.2) is 11.5 Å². The van der Waals surface area contributed by atoms with Crippen LogP contribution in [-0.2, 0) is 16.0 Å². The molecular formula is C23H29N3O5. The van der Waals surface area contributed by atoms with E-state index < -0.39 is 0 Å². The van der Waals surface area contributed by atoms with E-state index >= 15 is 0 Å². The van der Waals surface area contributed by atoms with Gasteiger partial charge in [-0.3, -0.25) is 4.79 Å². The summed E-state index contributed by atoms with van der Waals surface area (Å²) in [5, 5.41) is 5.83. The Morgan fingerprint density at radius 2 is 1.84 bits per heavy atom. The Morgan fingerprint density at radius 1 is 1.10 bits per heavy atom. The summed E-state index contributed by atoms with van der Waals surface area (Å²) in [6.07, 6.45) is 0.666. The fourth-order valence-electron chi connectivity index (χ4n) is 3.80. The number of nitrogens with zero attached hydrogens (tertiary/aromatic N) is 1. The normalized spacial score (nSPS) is 15.1. The van der Waals surface area contributed by atoms with Gasteiger partial charge in [0.1, 0.15) is 6.61 Å². The third-order valence-corrected chi connectivity index (χ3v) is 5.30. The Bertz CT molecular complexity index is 947. The summed E-state index contributed by atoms with van der Waals surface area (Å²) in [6, 6.07) is 10.9. The van der Waals surface area contributed by atoms with Crippen molar-refractivity contribution < 1.29 is 23.8 Å². The highest BCUT2D eigenvalue weighted by Gasteiger charge is 2.32. The molecule has 0 radical (unpaired) electrons. The van der Waals surface area contributed by atoms with Gasteiger partial charge in [0.05, 0.1) is 20.3 Å². The number of hydrogen-bond donors (Lipinski definition) is 2. The number of carbonyl (C=O) groups excluding carboxylic acids is 2. The first kappa shape index (κ1) is 22.4. The van der Waals surface area contributed by atoms with E-state index in [1.807, 2.05) is 43.3 Å². The minimum atomic E-state index is -0.367. The number of amides is 3. The van der Waals surface area contributed by atoms with Crippen LogP contribution in [0.2, 0.25) is 0 Å². The third kappa shape index (κ3) is 5.27. The monoisotopic (exact) mass is 427 g/mol. The number of carbonyl (C=O) groups is 2. The van der Waals surface area contributed by atoms with Gasteiger partial charge in [-0.2, -0.15) is 0 Å². The van der Waals surface area contributed by atoms with E-state index in [0.717, 1.165) is 22.4 Å². The quantitative estimate of drug-likeness (QED) is 0.709. The first-order valence-corrected chi connectivity index (χ1v) is 10.1. The molecule has 31 heavy (non-hydrogen) atoms. The maximum Gasteiger partial charge on any atom is 0.322 e. The van der Waals surface area contributed by atoms with Gasteiger partial charge in [-0.05, 0) is 54.3 Å². The second-order valence-electron chi connectivity index (χ2n) is 7.40. The Kier molecular flexibility index (Phi) is 7.36. The number of methoxy groups -OCH3 is 3. The van der Waals surface area contributed by atoms with Crippen LogP contribution in [0.3, 0.4) is 0 Å². The largest absolute Gasteiger partial charge is 0.493 e. The van der Waals surface area contributed by atoms with Crippen molar-refractivity contribution in [1.82, 2.24) is 10.2 Å². The van der Waals surface area contributed by atoms with Crippen LogP contribution in [-0.4, -0.2) is 57.9 Å². The molecule has 2 aromatic rings. The van der Waals surface area contributed by atoms with E-state index in [1.54, 1.807) is 19.1 Å². The predicted molar refractivity (Wildman–Crippen MR) is 118 cm³/mol. The van der Waals surface area contributed by atoms with Gasteiger partial charge in [0.2, 0.25) is 5.91 Å². The first-order chi connectivity index (χ1) is 15.0. The van der Waals surface area contributed by atoms with Gasteiger partial charge in [-0.1, -0.05) is 12.1 Å². The Balaban J connectivity index is 1.90. The zero-order chi connectivity index (χ0) is 22.4. The van der Waals surface area contributed by atoms with Crippen LogP contribution in [0.1, 0.15) is 22.7 Å². The number of benzene rings is 2. The van der Waals surface area contributed by atoms with E-state index in [4.69, 9.17) is 14.2 Å². The molecule has 2 N–H and O–H groups in total. The summed E-state index contributed by atoms with van der Waals surface area (Å²) in [6.45, 7) is 2.69. The average Bonchev–Trinajstić information content (AvgIpc) is 2.76. The lowest BCUT2D eigenvalue weighted by atomic mass is 9.91. The zero-order valence-electron chi connectivity index (χ0n) is 18.4. The second-order valence-corrected chi connectivity index (χ2v) is 7.40. The minimum Gasteiger partial charge on any atom is -0.493 e. The Hall–Kier alpha value is -3.26. The summed E-state index contributed by atoms with van der Waals surface area (Å²) < 4.78 is 15.8. The van der Waals surface area contributed by atoms with Crippen molar-refractivity contribution >= 4 is 17.6 Å². The molecule has 0 fully saturated rings. The standard InChI is InChI=1S/C23H29N3O5/c1-15-6-5-7-17(10-15)25-23(28)26-9-8-16-11-20(30-3)21(31-4)12-18(16)19(26)13-24-22(27)14-29-2/h5-7,10-12,19H,8-9,13-14H2,1-4H3,(H,24,27)(H,25,28). The highest BCUT2D eigenvalue weighted by Crippen LogP contribution is 2.38. The summed E-state index contributed by atoms with van der Waals surface area (Å²) in [5.41, 5.74) is 3.76. The number of aryl methyl sites for hydroxylation is 1. The van der Waals surface area contributed by atoms with Crippen LogP contribution >= 0.6 is 0 Å². The lowest BCUT2D eigenvalue weighted by molar-refractivity contribution is -0.124. The molecule has 1 aliphatic rings. The van der Waals surface area contributed by atoms with Gasteiger partial charge in [0, 0.05) is 25.9 Å². The van der Waals surface area contributed by atoms with E-state index in [1.165, 1.54) is 7.11 Å². The molecule has 8 nitrogen and oxygen atoms in total. The van der Waals surface area contributed by atoms with Crippen molar-refractivity contribution in [2.24, 2.45) is 0 Å². The van der Waals surface area contributed by atoms with Crippen molar-refractivity contribution in [1.29, 1.82) is 0 Å². The highest BCUT2D eigenvalue weighted by atomic mass is 16.5. The fourth-order valence-corrected chi connectivity index (χ4v) is 3.80. The number of urea groups is 1. The van der Waals surface area contributed by atoms with Gasteiger partial charge in [0.25, 0.3) is 0 Å². The first-order valence-electron chi connectivity index (χ1n) is 10.1. The van der Waals surface area contributed by atoms with Crippen molar-refractivity contribution in [2.75, 3.05) is 46.3 Å². The third-order valence-electron chi connectivity index (χ3n) is 5.30. The topological polar surface area (TPSA) is 89.1 Å². The smallest absolute Gasteiger partial charge is 0.322 e. The molecule has 0 saturated carbocycles. The highest BCUT2D eigenvalue weighted by molar-refractivity contribution is 5.90. The van der Waals surface area contributed by atoms with Crippen molar-refractivity contribution in [3.8, 4) is 11.5 Å². The number of fused-ring (bicyclic) bond motifs is 1. The van der Waals surface area contributed by atoms with Gasteiger partial charge < -0.3 is 29.7 Å². The lowest BCUT2D eigenvalue weighted by Crippen LogP contribution is -2.47. The molecule has 1 aliphatic heterocycles. The fraction of sp³-hybridized carbons (Fsp3) is 0.391. The number of nitrogens with one attached hydrogen (secondary N) is 2. The predicted octanol–water partition coefficient (Wildman–Crippen LogP) is 2.91. The molecule has 3 rings (SSSR count). The number of rotatable bonds is 7. The number of ether oxygens (including phenoxy) is 3. The Labute approximate surface area is 182 Å². The van der Waals surface area contributed by atoms with Gasteiger partial charge >= 0.3 is 6.03 Å². The summed E-state index contributed by atoms with van der Waals surface area (Å²) >= 11 is 0. The lowest BCUT2D eigenvalue weighted by Gasteiger charge is -2.38. The molecule has 0 spiro atoms. The SMILES string of the molecule is COCC(=O)NCC1c2cc(OC)c(OC)cc2CCN1C(=O)Nc1cccc(C)c1. The molecule has 1 atom stereocenters. The van der Waals surface area contributed by atoms with Crippen LogP contribution in [0.4, 0.5) is 10.5 Å². The van der Waals surface area contributed by atoms with Crippen LogP contribution in [0.5, 0.6) is 11.5 Å². The molecule has 3 amide bonds. The van der Waals surface area contributed by atoms with E-state index in [0.29, 0.717) is 24.5 Å². The van der Waals surface area contributed by atoms with E-state index in [-0.39, 0.29) is 31.1 Å². The molecule has 166 valence electrons. The van der Waals surface area contributed by atoms with Crippen LogP contribution in [0, 0.1) is 6.92 Å².